The summed E-state index contributed by atoms with van der Waals surface area (Å²) in [6.07, 6.45) is 0. The largest absolute Gasteiger partial charge is 0.398 e. The molecule has 2 rings (SSSR count). The summed E-state index contributed by atoms with van der Waals surface area (Å²) in [5.74, 6) is 0. The van der Waals surface area contributed by atoms with Crippen LogP contribution in [0.5, 0.6) is 0 Å². The second-order valence-electron chi connectivity index (χ2n) is 3.87. The zero-order chi connectivity index (χ0) is 14.2. The average Bonchev–Trinajstić information content (AvgIpc) is 2.63. The van der Waals surface area contributed by atoms with Crippen LogP contribution in [0.1, 0.15) is 5.56 Å². The summed E-state index contributed by atoms with van der Waals surface area (Å²) in [7, 11) is -3.62. The van der Waals surface area contributed by atoms with Gasteiger partial charge >= 0.3 is 0 Å². The van der Waals surface area contributed by atoms with Gasteiger partial charge in [-0.25, -0.2) is 8.42 Å². The Kier molecular flexibility index (Phi) is 4.24. The summed E-state index contributed by atoms with van der Waals surface area (Å²) < 4.78 is 28.3. The van der Waals surface area contributed by atoms with Crippen molar-refractivity contribution < 1.29 is 8.42 Å². The number of aryl methyl sites for hydroxylation is 1. The van der Waals surface area contributed by atoms with E-state index in [4.69, 9.17) is 5.73 Å². The van der Waals surface area contributed by atoms with Crippen LogP contribution in [0, 0.1) is 6.92 Å². The van der Waals surface area contributed by atoms with Gasteiger partial charge < -0.3 is 5.73 Å². The average molecular weight is 426 g/mol. The molecule has 0 fully saturated rings. The Morgan fingerprint density at radius 3 is 2.47 bits per heavy atom. The Bertz CT molecular complexity index is 726. The fourth-order valence-electron chi connectivity index (χ4n) is 1.42. The van der Waals surface area contributed by atoms with Crippen molar-refractivity contribution in [3.8, 4) is 0 Å². The molecule has 0 aliphatic carbocycles. The lowest BCUT2D eigenvalue weighted by molar-refractivity contribution is 0.601. The molecule has 1 aromatic heterocycles. The summed E-state index contributed by atoms with van der Waals surface area (Å²) in [5.41, 5.74) is 7.66. The first-order valence-corrected chi connectivity index (χ1v) is 9.02. The van der Waals surface area contributed by atoms with Crippen LogP contribution >= 0.6 is 43.2 Å². The fraction of sp³-hybridized carbons (Fsp3) is 0.0909. The number of sulfonamides is 1. The zero-order valence-corrected chi connectivity index (χ0v) is 14.6. The van der Waals surface area contributed by atoms with E-state index >= 15 is 0 Å². The molecule has 0 amide bonds. The molecule has 102 valence electrons. The summed E-state index contributed by atoms with van der Waals surface area (Å²) in [5, 5.41) is 0. The maximum Gasteiger partial charge on any atom is 0.263 e. The van der Waals surface area contributed by atoms with Crippen molar-refractivity contribution in [1.29, 1.82) is 0 Å². The lowest BCUT2D eigenvalue weighted by atomic mass is 10.2. The molecule has 0 aliphatic heterocycles. The molecule has 2 aromatic rings. The molecule has 0 atom stereocenters. The van der Waals surface area contributed by atoms with Crippen LogP contribution in [0.3, 0.4) is 0 Å². The number of anilines is 2. The molecule has 1 aromatic carbocycles. The van der Waals surface area contributed by atoms with Crippen molar-refractivity contribution in [2.24, 2.45) is 0 Å². The lowest BCUT2D eigenvalue weighted by Crippen LogP contribution is -2.12. The van der Waals surface area contributed by atoms with Crippen LogP contribution in [-0.4, -0.2) is 8.42 Å². The van der Waals surface area contributed by atoms with Gasteiger partial charge in [-0.15, -0.1) is 11.3 Å². The van der Waals surface area contributed by atoms with Gasteiger partial charge in [0.1, 0.15) is 4.90 Å². The summed E-state index contributed by atoms with van der Waals surface area (Å²) in [6.45, 7) is 1.86. The zero-order valence-electron chi connectivity index (χ0n) is 9.78. The highest BCUT2D eigenvalue weighted by atomic mass is 79.9. The third-order valence-electron chi connectivity index (χ3n) is 2.45. The van der Waals surface area contributed by atoms with Gasteiger partial charge in [-0.1, -0.05) is 6.07 Å². The van der Waals surface area contributed by atoms with Crippen molar-refractivity contribution in [2.45, 2.75) is 11.8 Å². The predicted octanol–water partition coefficient (Wildman–Crippen LogP) is 3.96. The Labute approximate surface area is 132 Å². The molecule has 0 radical (unpaired) electrons. The van der Waals surface area contributed by atoms with Crippen LogP contribution in [0.15, 0.2) is 36.7 Å². The van der Waals surface area contributed by atoms with Crippen LogP contribution in [-0.2, 0) is 10.0 Å². The second kappa shape index (κ2) is 5.43. The third kappa shape index (κ3) is 3.31. The molecule has 0 saturated heterocycles. The van der Waals surface area contributed by atoms with E-state index in [9.17, 15) is 8.42 Å². The van der Waals surface area contributed by atoms with Gasteiger partial charge in [0, 0.05) is 5.69 Å². The smallest absolute Gasteiger partial charge is 0.263 e. The highest BCUT2D eigenvalue weighted by Crippen LogP contribution is 2.35. The first-order valence-electron chi connectivity index (χ1n) is 5.13. The SMILES string of the molecule is Cc1ccc(NS(=O)(=O)c2cc(Br)sc2Br)cc1N. The summed E-state index contributed by atoms with van der Waals surface area (Å²) in [4.78, 5) is 0.198. The highest BCUT2D eigenvalue weighted by molar-refractivity contribution is 9.12. The molecule has 0 bridgehead atoms. The monoisotopic (exact) mass is 424 g/mol. The van der Waals surface area contributed by atoms with Crippen LogP contribution in [0.2, 0.25) is 0 Å². The summed E-state index contributed by atoms with van der Waals surface area (Å²) in [6, 6.07) is 6.60. The maximum absolute atomic E-state index is 12.2. The van der Waals surface area contributed by atoms with Crippen molar-refractivity contribution in [2.75, 3.05) is 10.5 Å². The number of benzene rings is 1. The first kappa shape index (κ1) is 14.8. The number of thiophene rings is 1. The van der Waals surface area contributed by atoms with E-state index in [1.54, 1.807) is 24.3 Å². The molecule has 0 spiro atoms. The number of nitrogen functional groups attached to an aromatic ring is 1. The van der Waals surface area contributed by atoms with Crippen molar-refractivity contribution in [1.82, 2.24) is 0 Å². The number of nitrogens with one attached hydrogen (secondary N) is 1. The third-order valence-corrected chi connectivity index (χ3v) is 6.58. The molecule has 4 nitrogen and oxygen atoms in total. The number of rotatable bonds is 3. The molecular weight excluding hydrogens is 416 g/mol. The maximum atomic E-state index is 12.2. The number of halogens is 2. The Morgan fingerprint density at radius 2 is 1.95 bits per heavy atom. The van der Waals surface area contributed by atoms with Gasteiger partial charge in [-0.2, -0.15) is 0 Å². The molecule has 0 saturated carbocycles. The number of hydrogen-bond acceptors (Lipinski definition) is 4. The van der Waals surface area contributed by atoms with E-state index in [1.165, 1.54) is 11.3 Å². The second-order valence-corrected chi connectivity index (χ2v) is 9.27. The predicted molar refractivity (Wildman–Crippen MR) is 86.1 cm³/mol. The van der Waals surface area contributed by atoms with Gasteiger partial charge in [-0.05, 0) is 62.5 Å². The molecular formula is C11H10Br2N2O2S2. The van der Waals surface area contributed by atoms with E-state index in [-0.39, 0.29) is 4.90 Å². The van der Waals surface area contributed by atoms with E-state index in [1.807, 2.05) is 6.92 Å². The molecule has 19 heavy (non-hydrogen) atoms. The van der Waals surface area contributed by atoms with Crippen LogP contribution in [0.4, 0.5) is 11.4 Å². The van der Waals surface area contributed by atoms with Gasteiger partial charge in [0.25, 0.3) is 10.0 Å². The lowest BCUT2D eigenvalue weighted by Gasteiger charge is -2.09. The van der Waals surface area contributed by atoms with E-state index in [2.05, 4.69) is 36.6 Å². The number of hydrogen-bond donors (Lipinski definition) is 2. The van der Waals surface area contributed by atoms with E-state index in [0.717, 1.165) is 9.35 Å². The highest BCUT2D eigenvalue weighted by Gasteiger charge is 2.20. The van der Waals surface area contributed by atoms with Crippen molar-refractivity contribution in [3.63, 3.8) is 0 Å². The minimum Gasteiger partial charge on any atom is -0.398 e. The topological polar surface area (TPSA) is 72.2 Å². The first-order chi connectivity index (χ1) is 8.79. The molecule has 8 heteroatoms. The van der Waals surface area contributed by atoms with Crippen LogP contribution in [0.25, 0.3) is 0 Å². The molecule has 0 aliphatic rings. The quantitative estimate of drug-likeness (QED) is 0.730. The Morgan fingerprint density at radius 1 is 1.26 bits per heavy atom. The minimum atomic E-state index is -3.62. The van der Waals surface area contributed by atoms with Gasteiger partial charge in [0.2, 0.25) is 0 Å². The molecule has 0 unspecified atom stereocenters. The molecule has 1 heterocycles. The van der Waals surface area contributed by atoms with Gasteiger partial charge in [0.15, 0.2) is 0 Å². The van der Waals surface area contributed by atoms with Crippen LogP contribution < -0.4 is 10.5 Å². The van der Waals surface area contributed by atoms with E-state index < -0.39 is 10.0 Å². The summed E-state index contributed by atoms with van der Waals surface area (Å²) >= 11 is 7.80. The van der Waals surface area contributed by atoms with Crippen molar-refractivity contribution in [3.05, 3.63) is 37.4 Å². The van der Waals surface area contributed by atoms with E-state index in [0.29, 0.717) is 15.2 Å². The van der Waals surface area contributed by atoms with Crippen molar-refractivity contribution >= 4 is 64.6 Å². The number of nitrogens with two attached hydrogens (primary N) is 1. The minimum absolute atomic E-state index is 0.198. The Hall–Kier alpha value is -0.570. The van der Waals surface area contributed by atoms with Gasteiger partial charge in [0.05, 0.1) is 13.3 Å². The normalized spacial score (nSPS) is 11.5. The Balaban J connectivity index is 2.36. The fourth-order valence-corrected chi connectivity index (χ4v) is 6.28. The van der Waals surface area contributed by atoms with Gasteiger partial charge in [-0.3, -0.25) is 4.72 Å². The molecule has 3 N–H and O–H groups in total. The standard InChI is InChI=1S/C11H10Br2N2O2S2/c1-6-2-3-7(4-8(6)14)15-19(16,17)9-5-10(12)18-11(9)13/h2-5,15H,14H2,1H3.